The number of hydrogen-bond donors (Lipinski definition) is 1. The normalized spacial score (nSPS) is 11.8. The van der Waals surface area contributed by atoms with Gasteiger partial charge < -0.3 is 9.72 Å². The lowest BCUT2D eigenvalue weighted by molar-refractivity contribution is -0.140. The van der Waals surface area contributed by atoms with Crippen molar-refractivity contribution in [1.82, 2.24) is 9.29 Å². The molecule has 0 aliphatic heterocycles. The maximum Gasteiger partial charge on any atom is 0.306 e. The van der Waals surface area contributed by atoms with E-state index >= 15 is 0 Å². The van der Waals surface area contributed by atoms with E-state index in [2.05, 4.69) is 9.72 Å². The molecule has 0 bridgehead atoms. The largest absolute Gasteiger partial charge is 0.469 e. The van der Waals surface area contributed by atoms with Crippen molar-refractivity contribution in [3.63, 3.8) is 0 Å². The third-order valence-corrected chi connectivity index (χ3v) is 6.06. The molecule has 0 amide bonds. The smallest absolute Gasteiger partial charge is 0.306 e. The highest BCUT2D eigenvalue weighted by molar-refractivity contribution is 7.91. The number of aryl methyl sites for hydroxylation is 1. The van der Waals surface area contributed by atoms with Crippen molar-refractivity contribution < 1.29 is 17.9 Å². The Kier molecular flexibility index (Phi) is 5.27. The Balaban J connectivity index is 2.99. The average molecular weight is 308 g/mol. The molecule has 1 rings (SSSR count). The number of carbonyl (C=O) groups is 1. The molecule has 1 heterocycles. The molecule has 0 saturated carbocycles. The molecule has 0 spiro atoms. The zero-order valence-electron chi connectivity index (χ0n) is 10.9. The lowest BCUT2D eigenvalue weighted by atomic mass is 10.4. The Morgan fingerprint density at radius 3 is 2.53 bits per heavy atom. The molecule has 0 aromatic carbocycles. The van der Waals surface area contributed by atoms with Gasteiger partial charge in [-0.05, 0) is 6.92 Å². The number of aromatic nitrogens is 1. The van der Waals surface area contributed by atoms with Gasteiger partial charge in [-0.2, -0.15) is 4.31 Å². The lowest BCUT2D eigenvalue weighted by Gasteiger charge is -2.19. The van der Waals surface area contributed by atoms with Crippen molar-refractivity contribution in [3.8, 4) is 0 Å². The number of nitrogens with one attached hydrogen (secondary N) is 1. The van der Waals surface area contributed by atoms with Gasteiger partial charge in [0.2, 0.25) is 0 Å². The first-order chi connectivity index (χ1) is 8.82. The fourth-order valence-corrected chi connectivity index (χ4v) is 4.41. The Hall–Kier alpha value is -1.19. The summed E-state index contributed by atoms with van der Waals surface area (Å²) in [5.41, 5.74) is 0.312. The van der Waals surface area contributed by atoms with Crippen LogP contribution in [-0.2, 0) is 19.6 Å². The molecular weight excluding hydrogens is 292 g/mol. The van der Waals surface area contributed by atoms with E-state index in [4.69, 9.17) is 0 Å². The highest BCUT2D eigenvalue weighted by Gasteiger charge is 2.27. The van der Waals surface area contributed by atoms with E-state index < -0.39 is 20.9 Å². The Bertz CT molecular complexity index is 602. The predicted molar refractivity (Wildman–Crippen MR) is 70.7 cm³/mol. The second-order valence-corrected chi connectivity index (χ2v) is 6.87. The van der Waals surface area contributed by atoms with Crippen LogP contribution in [0.4, 0.5) is 0 Å². The van der Waals surface area contributed by atoms with Crippen LogP contribution in [0.2, 0.25) is 0 Å². The number of nitrogens with zero attached hydrogens (tertiary/aromatic N) is 1. The molecule has 7 nitrogen and oxygen atoms in total. The number of carbonyl (C=O) groups excluding carboxylic acids is 1. The maximum absolute atomic E-state index is 12.3. The summed E-state index contributed by atoms with van der Waals surface area (Å²) in [7, 11) is -2.51. The summed E-state index contributed by atoms with van der Waals surface area (Å²) in [5.74, 6) is -0.479. The van der Waals surface area contributed by atoms with E-state index in [-0.39, 0.29) is 23.7 Å². The van der Waals surface area contributed by atoms with E-state index in [0.29, 0.717) is 17.0 Å². The fraction of sp³-hybridized carbons (Fsp3) is 0.600. The van der Waals surface area contributed by atoms with Gasteiger partial charge in [-0.1, -0.05) is 18.3 Å². The van der Waals surface area contributed by atoms with Gasteiger partial charge in [0.05, 0.1) is 13.5 Å². The predicted octanol–water partition coefficient (Wildman–Crippen LogP) is 0.319. The summed E-state index contributed by atoms with van der Waals surface area (Å²) in [6.07, 6.45) is -0.0259. The van der Waals surface area contributed by atoms with Gasteiger partial charge in [0.1, 0.15) is 0 Å². The third-order valence-electron chi connectivity index (χ3n) is 2.50. The molecule has 0 atom stereocenters. The van der Waals surface area contributed by atoms with E-state index in [0.717, 1.165) is 4.31 Å². The Labute approximate surface area is 115 Å². The number of rotatable bonds is 6. The van der Waals surface area contributed by atoms with Crippen molar-refractivity contribution >= 4 is 27.3 Å². The number of ether oxygens (including phenoxy) is 1. The summed E-state index contributed by atoms with van der Waals surface area (Å²) in [6, 6.07) is 0. The number of thiazole rings is 1. The highest BCUT2D eigenvalue weighted by atomic mass is 32.2. The van der Waals surface area contributed by atoms with Crippen LogP contribution in [0.15, 0.2) is 9.00 Å². The van der Waals surface area contributed by atoms with Crippen LogP contribution in [0.1, 0.15) is 19.0 Å². The molecule has 1 aromatic rings. The second kappa shape index (κ2) is 6.31. The van der Waals surface area contributed by atoms with Gasteiger partial charge in [0, 0.05) is 18.8 Å². The Morgan fingerprint density at radius 2 is 2.11 bits per heavy atom. The summed E-state index contributed by atoms with van der Waals surface area (Å²) < 4.78 is 30.3. The van der Waals surface area contributed by atoms with Crippen LogP contribution in [0.25, 0.3) is 0 Å². The minimum atomic E-state index is -3.75. The molecule has 0 unspecified atom stereocenters. The van der Waals surface area contributed by atoms with Crippen LogP contribution in [-0.4, -0.2) is 43.9 Å². The molecule has 0 saturated heterocycles. The quantitative estimate of drug-likeness (QED) is 0.763. The van der Waals surface area contributed by atoms with E-state index in [1.807, 2.05) is 0 Å². The van der Waals surface area contributed by atoms with Crippen LogP contribution in [0.3, 0.4) is 0 Å². The van der Waals surface area contributed by atoms with Crippen LogP contribution < -0.4 is 4.87 Å². The molecule has 0 aliphatic rings. The van der Waals surface area contributed by atoms with Gasteiger partial charge >= 0.3 is 10.8 Å². The van der Waals surface area contributed by atoms with Gasteiger partial charge in [-0.15, -0.1) is 0 Å². The first-order valence-corrected chi connectivity index (χ1v) is 7.85. The van der Waals surface area contributed by atoms with Gasteiger partial charge in [-0.25, -0.2) is 8.42 Å². The van der Waals surface area contributed by atoms with Crippen molar-refractivity contribution in [2.75, 3.05) is 20.2 Å². The zero-order valence-corrected chi connectivity index (χ0v) is 12.6. The summed E-state index contributed by atoms with van der Waals surface area (Å²) >= 11 is 0.648. The summed E-state index contributed by atoms with van der Waals surface area (Å²) in [5, 5.41) is 0. The first-order valence-electron chi connectivity index (χ1n) is 5.59. The van der Waals surface area contributed by atoms with Gasteiger partial charge in [0.25, 0.3) is 10.0 Å². The zero-order chi connectivity index (χ0) is 14.6. The third kappa shape index (κ3) is 3.64. The van der Waals surface area contributed by atoms with Gasteiger partial charge in [-0.3, -0.25) is 9.59 Å². The maximum atomic E-state index is 12.3. The van der Waals surface area contributed by atoms with Crippen LogP contribution in [0.5, 0.6) is 0 Å². The molecule has 0 aliphatic carbocycles. The lowest BCUT2D eigenvalue weighted by Crippen LogP contribution is -2.33. The molecule has 0 fully saturated rings. The number of sulfonamides is 1. The van der Waals surface area contributed by atoms with Crippen molar-refractivity contribution in [1.29, 1.82) is 0 Å². The minimum absolute atomic E-state index is 0.00999. The molecule has 19 heavy (non-hydrogen) atoms. The number of H-pyrrole nitrogens is 1. The number of esters is 1. The summed E-state index contributed by atoms with van der Waals surface area (Å²) in [6.45, 7) is 3.43. The SMILES string of the molecule is CCN(CCC(=O)OC)S(=O)(=O)c1sc(=O)[nH]c1C. The van der Waals surface area contributed by atoms with Crippen molar-refractivity contribution in [3.05, 3.63) is 15.4 Å². The van der Waals surface area contributed by atoms with Crippen LogP contribution in [0, 0.1) is 6.92 Å². The topological polar surface area (TPSA) is 96.5 Å². The first kappa shape index (κ1) is 15.9. The molecular formula is C10H16N2O5S2. The molecule has 9 heteroatoms. The van der Waals surface area contributed by atoms with E-state index in [1.54, 1.807) is 6.92 Å². The van der Waals surface area contributed by atoms with Crippen molar-refractivity contribution in [2.45, 2.75) is 24.5 Å². The fourth-order valence-electron chi connectivity index (χ4n) is 1.52. The number of methoxy groups -OCH3 is 1. The molecule has 108 valence electrons. The Morgan fingerprint density at radius 1 is 1.47 bits per heavy atom. The van der Waals surface area contributed by atoms with Crippen LogP contribution >= 0.6 is 11.3 Å². The van der Waals surface area contributed by atoms with Crippen molar-refractivity contribution in [2.24, 2.45) is 0 Å². The molecule has 0 radical (unpaired) electrons. The van der Waals surface area contributed by atoms with E-state index in [1.165, 1.54) is 14.0 Å². The van der Waals surface area contributed by atoms with E-state index in [9.17, 15) is 18.0 Å². The standard InChI is InChI=1S/C10H16N2O5S2/c1-4-12(6-5-8(13)17-3)19(15,16)9-7(2)11-10(14)18-9/h4-6H2,1-3H3,(H,11,14). The monoisotopic (exact) mass is 308 g/mol. The molecule has 1 aromatic heterocycles. The second-order valence-electron chi connectivity index (χ2n) is 3.75. The van der Waals surface area contributed by atoms with Gasteiger partial charge in [0.15, 0.2) is 4.21 Å². The molecule has 1 N–H and O–H groups in total. The average Bonchev–Trinajstić information content (AvgIpc) is 2.69. The minimum Gasteiger partial charge on any atom is -0.469 e. The number of aromatic amines is 1. The highest BCUT2D eigenvalue weighted by Crippen LogP contribution is 2.21. The summed E-state index contributed by atoms with van der Waals surface area (Å²) in [4.78, 5) is 24.3. The number of hydrogen-bond acceptors (Lipinski definition) is 6.